The number of anilines is 1. The van der Waals surface area contributed by atoms with Crippen molar-refractivity contribution < 1.29 is 4.74 Å². The van der Waals surface area contributed by atoms with Crippen LogP contribution in [-0.4, -0.2) is 18.6 Å². The van der Waals surface area contributed by atoms with E-state index in [1.165, 1.54) is 11.1 Å². The summed E-state index contributed by atoms with van der Waals surface area (Å²) in [6, 6.07) is 12.0. The molecule has 1 aromatic carbocycles. The maximum atomic E-state index is 5.80. The molecule has 0 aliphatic heterocycles. The second kappa shape index (κ2) is 6.91. The van der Waals surface area contributed by atoms with Gasteiger partial charge in [-0.2, -0.15) is 0 Å². The van der Waals surface area contributed by atoms with E-state index in [2.05, 4.69) is 28.9 Å². The van der Waals surface area contributed by atoms with Crippen molar-refractivity contribution in [3.8, 4) is 5.75 Å². The monoisotopic (exact) mass is 271 g/mol. The highest BCUT2D eigenvalue weighted by Crippen LogP contribution is 2.26. The molecule has 0 amide bonds. The Bertz CT molecular complexity index is 557. The van der Waals surface area contributed by atoms with Crippen LogP contribution in [0.2, 0.25) is 0 Å². The van der Waals surface area contributed by atoms with Crippen LogP contribution in [0.4, 0.5) is 5.82 Å². The Hall–Kier alpha value is -2.07. The highest BCUT2D eigenvalue weighted by atomic mass is 16.5. The normalized spacial score (nSPS) is 10.3. The van der Waals surface area contributed by atoms with E-state index in [9.17, 15) is 0 Å². The zero-order valence-electron chi connectivity index (χ0n) is 12.0. The van der Waals surface area contributed by atoms with Crippen LogP contribution in [0.5, 0.6) is 5.75 Å². The fourth-order valence-corrected chi connectivity index (χ4v) is 2.23. The first-order chi connectivity index (χ1) is 9.80. The number of hydrogen-bond donors (Lipinski definition) is 1. The first-order valence-corrected chi connectivity index (χ1v) is 6.81. The van der Waals surface area contributed by atoms with Gasteiger partial charge in [-0.1, -0.05) is 24.3 Å². The van der Waals surface area contributed by atoms with Crippen LogP contribution in [0, 0.1) is 0 Å². The van der Waals surface area contributed by atoms with Gasteiger partial charge in [-0.3, -0.25) is 0 Å². The summed E-state index contributed by atoms with van der Waals surface area (Å²) < 4.78 is 5.39. The molecule has 0 aliphatic carbocycles. The fraction of sp³-hybridized carbons (Fsp3) is 0.312. The molecule has 0 aliphatic rings. The summed E-state index contributed by atoms with van der Waals surface area (Å²) in [5.74, 6) is 1.66. The van der Waals surface area contributed by atoms with Crippen molar-refractivity contribution in [2.75, 3.05) is 18.6 Å². The van der Waals surface area contributed by atoms with E-state index in [1.54, 1.807) is 13.3 Å². The maximum absolute atomic E-state index is 5.80. The number of benzene rings is 1. The molecule has 0 saturated heterocycles. The van der Waals surface area contributed by atoms with Gasteiger partial charge >= 0.3 is 0 Å². The van der Waals surface area contributed by atoms with Crippen LogP contribution >= 0.6 is 0 Å². The van der Waals surface area contributed by atoms with Crippen LogP contribution in [0.1, 0.15) is 18.1 Å². The number of aromatic nitrogens is 1. The van der Waals surface area contributed by atoms with Gasteiger partial charge in [0.05, 0.1) is 7.11 Å². The number of ether oxygens (including phenoxy) is 1. The predicted octanol–water partition coefficient (Wildman–Crippen LogP) is 2.58. The Balaban J connectivity index is 2.29. The highest BCUT2D eigenvalue weighted by Gasteiger charge is 2.13. The lowest BCUT2D eigenvalue weighted by atomic mass is 10.1. The minimum Gasteiger partial charge on any atom is -0.493 e. The Morgan fingerprint density at radius 2 is 1.90 bits per heavy atom. The molecule has 0 bridgehead atoms. The average molecular weight is 271 g/mol. The van der Waals surface area contributed by atoms with E-state index in [-0.39, 0.29) is 0 Å². The van der Waals surface area contributed by atoms with Gasteiger partial charge in [-0.25, -0.2) is 4.98 Å². The number of pyridine rings is 1. The summed E-state index contributed by atoms with van der Waals surface area (Å²) in [6.45, 7) is 4.29. The van der Waals surface area contributed by atoms with E-state index in [4.69, 9.17) is 10.5 Å². The minimum absolute atomic E-state index is 0.549. The third-order valence-corrected chi connectivity index (χ3v) is 3.35. The standard InChI is InChI=1S/C16H21N3O/c1-3-19(16-15(20-2)9-6-10-18-16)12-14-8-5-4-7-13(14)11-17/h4-10H,3,11-12,17H2,1-2H3. The minimum atomic E-state index is 0.549. The molecule has 2 N–H and O–H groups in total. The molecule has 2 aromatic rings. The SMILES string of the molecule is CCN(Cc1ccccc1CN)c1ncccc1OC. The Kier molecular flexibility index (Phi) is 4.96. The van der Waals surface area contributed by atoms with Crippen molar-refractivity contribution in [1.82, 2.24) is 4.98 Å². The first kappa shape index (κ1) is 14.3. The predicted molar refractivity (Wildman–Crippen MR) is 81.8 cm³/mol. The average Bonchev–Trinajstić information content (AvgIpc) is 2.53. The zero-order valence-corrected chi connectivity index (χ0v) is 12.0. The van der Waals surface area contributed by atoms with Gasteiger partial charge in [0.15, 0.2) is 11.6 Å². The number of nitrogens with zero attached hydrogens (tertiary/aromatic N) is 2. The van der Waals surface area contributed by atoms with Crippen molar-refractivity contribution in [1.29, 1.82) is 0 Å². The molecule has 106 valence electrons. The van der Waals surface area contributed by atoms with E-state index in [0.717, 1.165) is 24.7 Å². The fourth-order valence-electron chi connectivity index (χ4n) is 2.23. The largest absolute Gasteiger partial charge is 0.493 e. The summed E-state index contributed by atoms with van der Waals surface area (Å²) in [6.07, 6.45) is 1.79. The molecule has 0 unspecified atom stereocenters. The molecule has 1 aromatic heterocycles. The molecule has 4 heteroatoms. The van der Waals surface area contributed by atoms with Crippen LogP contribution in [-0.2, 0) is 13.1 Å². The van der Waals surface area contributed by atoms with Crippen LogP contribution < -0.4 is 15.4 Å². The van der Waals surface area contributed by atoms with Gasteiger partial charge in [-0.05, 0) is 30.2 Å². The molecule has 4 nitrogen and oxygen atoms in total. The Morgan fingerprint density at radius 3 is 2.55 bits per heavy atom. The van der Waals surface area contributed by atoms with Crippen molar-refractivity contribution in [2.24, 2.45) is 5.73 Å². The highest BCUT2D eigenvalue weighted by molar-refractivity contribution is 5.52. The summed E-state index contributed by atoms with van der Waals surface area (Å²) in [4.78, 5) is 6.63. The summed E-state index contributed by atoms with van der Waals surface area (Å²) in [7, 11) is 1.67. The second-order valence-corrected chi connectivity index (χ2v) is 4.52. The number of hydrogen-bond acceptors (Lipinski definition) is 4. The molecular weight excluding hydrogens is 250 g/mol. The Labute approximate surface area is 120 Å². The molecular formula is C16H21N3O. The number of rotatable bonds is 6. The lowest BCUT2D eigenvalue weighted by molar-refractivity contribution is 0.412. The molecule has 1 heterocycles. The molecule has 0 saturated carbocycles. The summed E-state index contributed by atoms with van der Waals surface area (Å²) >= 11 is 0. The molecule has 0 fully saturated rings. The lowest BCUT2D eigenvalue weighted by Gasteiger charge is -2.24. The van der Waals surface area contributed by atoms with Gasteiger partial charge in [0.2, 0.25) is 0 Å². The number of methoxy groups -OCH3 is 1. The van der Waals surface area contributed by atoms with Gasteiger partial charge in [0.25, 0.3) is 0 Å². The Morgan fingerprint density at radius 1 is 1.15 bits per heavy atom. The molecule has 2 rings (SSSR count). The summed E-state index contributed by atoms with van der Waals surface area (Å²) in [5.41, 5.74) is 8.20. The van der Waals surface area contributed by atoms with E-state index in [1.807, 2.05) is 24.3 Å². The van der Waals surface area contributed by atoms with Crippen LogP contribution in [0.25, 0.3) is 0 Å². The van der Waals surface area contributed by atoms with E-state index >= 15 is 0 Å². The third-order valence-electron chi connectivity index (χ3n) is 3.35. The molecule has 0 spiro atoms. The van der Waals surface area contributed by atoms with Crippen LogP contribution in [0.15, 0.2) is 42.6 Å². The zero-order chi connectivity index (χ0) is 14.4. The second-order valence-electron chi connectivity index (χ2n) is 4.52. The van der Waals surface area contributed by atoms with E-state index < -0.39 is 0 Å². The maximum Gasteiger partial charge on any atom is 0.171 e. The van der Waals surface area contributed by atoms with Crippen molar-refractivity contribution in [3.05, 3.63) is 53.7 Å². The van der Waals surface area contributed by atoms with Crippen molar-refractivity contribution in [3.63, 3.8) is 0 Å². The molecule has 0 radical (unpaired) electrons. The lowest BCUT2D eigenvalue weighted by Crippen LogP contribution is -2.24. The first-order valence-electron chi connectivity index (χ1n) is 6.81. The topological polar surface area (TPSA) is 51.4 Å². The van der Waals surface area contributed by atoms with Gasteiger partial charge in [-0.15, -0.1) is 0 Å². The van der Waals surface area contributed by atoms with Gasteiger partial charge in [0.1, 0.15) is 0 Å². The molecule has 0 atom stereocenters. The van der Waals surface area contributed by atoms with E-state index in [0.29, 0.717) is 6.54 Å². The third kappa shape index (κ3) is 3.08. The van der Waals surface area contributed by atoms with Crippen molar-refractivity contribution in [2.45, 2.75) is 20.0 Å². The smallest absolute Gasteiger partial charge is 0.171 e. The van der Waals surface area contributed by atoms with Gasteiger partial charge in [0, 0.05) is 25.8 Å². The quantitative estimate of drug-likeness (QED) is 0.877. The summed E-state index contributed by atoms with van der Waals surface area (Å²) in [5, 5.41) is 0. The van der Waals surface area contributed by atoms with Crippen molar-refractivity contribution >= 4 is 5.82 Å². The van der Waals surface area contributed by atoms with Gasteiger partial charge < -0.3 is 15.4 Å². The molecule has 20 heavy (non-hydrogen) atoms. The number of nitrogens with two attached hydrogens (primary N) is 1. The van der Waals surface area contributed by atoms with Crippen LogP contribution in [0.3, 0.4) is 0 Å².